The van der Waals surface area contributed by atoms with Crippen LogP contribution in [0, 0.1) is 6.92 Å². The van der Waals surface area contributed by atoms with Gasteiger partial charge in [0.1, 0.15) is 0 Å². The second-order valence-corrected chi connectivity index (χ2v) is 3.79. The predicted octanol–water partition coefficient (Wildman–Crippen LogP) is -0.135. The minimum Gasteiger partial charge on any atom is -0.378 e. The van der Waals surface area contributed by atoms with E-state index in [2.05, 4.69) is 15.2 Å². The van der Waals surface area contributed by atoms with E-state index in [1.165, 1.54) is 0 Å². The summed E-state index contributed by atoms with van der Waals surface area (Å²) in [4.78, 5) is 6.40. The predicted molar refractivity (Wildman–Crippen MR) is 61.0 cm³/mol. The second kappa shape index (κ2) is 4.98. The third-order valence-electron chi connectivity index (χ3n) is 2.68. The molecule has 0 radical (unpaired) electrons. The van der Waals surface area contributed by atoms with Gasteiger partial charge in [-0.25, -0.2) is 4.99 Å². The highest BCUT2D eigenvalue weighted by atomic mass is 16.5. The molecule has 16 heavy (non-hydrogen) atoms. The molecule has 1 saturated heterocycles. The first-order valence-electron chi connectivity index (χ1n) is 5.39. The second-order valence-electron chi connectivity index (χ2n) is 3.79. The first kappa shape index (κ1) is 10.9. The maximum atomic E-state index is 5.90. The molecule has 0 amide bonds. The Morgan fingerprint density at radius 2 is 2.38 bits per heavy atom. The summed E-state index contributed by atoms with van der Waals surface area (Å²) < 4.78 is 5.25. The van der Waals surface area contributed by atoms with E-state index in [0.29, 0.717) is 12.5 Å². The van der Waals surface area contributed by atoms with Gasteiger partial charge in [0.15, 0.2) is 5.96 Å². The summed E-state index contributed by atoms with van der Waals surface area (Å²) >= 11 is 0. The Labute approximate surface area is 94.5 Å². The molecule has 1 fully saturated rings. The van der Waals surface area contributed by atoms with Crippen molar-refractivity contribution in [2.24, 2.45) is 10.7 Å². The maximum absolute atomic E-state index is 5.90. The number of nitrogens with one attached hydrogen (secondary N) is 1. The maximum Gasteiger partial charge on any atom is 0.191 e. The zero-order chi connectivity index (χ0) is 11.4. The average Bonchev–Trinajstić information content (AvgIpc) is 2.73. The molecular weight excluding hydrogens is 206 g/mol. The Balaban J connectivity index is 1.93. The number of hydrogen-bond acceptors (Lipinski definition) is 3. The highest BCUT2D eigenvalue weighted by molar-refractivity contribution is 5.78. The van der Waals surface area contributed by atoms with Gasteiger partial charge in [0.25, 0.3) is 0 Å². The largest absolute Gasteiger partial charge is 0.378 e. The number of nitrogens with zero attached hydrogens (tertiary/aromatic N) is 3. The fraction of sp³-hybridized carbons (Fsp3) is 0.600. The molecule has 1 aliphatic rings. The SMILES string of the molecule is Cc1[nH]ncc1CN=C(N)N1CCOCC1. The lowest BCUT2D eigenvalue weighted by Gasteiger charge is -2.27. The number of morpholine rings is 1. The minimum atomic E-state index is 0.575. The smallest absolute Gasteiger partial charge is 0.191 e. The summed E-state index contributed by atoms with van der Waals surface area (Å²) in [6.45, 7) is 5.63. The van der Waals surface area contributed by atoms with Gasteiger partial charge >= 0.3 is 0 Å². The number of aromatic amines is 1. The minimum absolute atomic E-state index is 0.575. The fourth-order valence-electron chi connectivity index (χ4n) is 1.59. The van der Waals surface area contributed by atoms with Crippen molar-refractivity contribution < 1.29 is 4.74 Å². The molecule has 0 saturated carbocycles. The van der Waals surface area contributed by atoms with E-state index >= 15 is 0 Å². The van der Waals surface area contributed by atoms with E-state index in [4.69, 9.17) is 10.5 Å². The molecule has 1 aromatic rings. The van der Waals surface area contributed by atoms with Crippen molar-refractivity contribution in [3.8, 4) is 0 Å². The average molecular weight is 223 g/mol. The standard InChI is InChI=1S/C10H17N5O/c1-8-9(7-13-14-8)6-12-10(11)15-2-4-16-5-3-15/h7H,2-6H2,1H3,(H2,11,12)(H,13,14). The number of rotatable bonds is 2. The quantitative estimate of drug-likeness (QED) is 0.540. The molecule has 3 N–H and O–H groups in total. The van der Waals surface area contributed by atoms with E-state index in [1.54, 1.807) is 6.20 Å². The molecular formula is C10H17N5O. The zero-order valence-electron chi connectivity index (χ0n) is 9.44. The highest BCUT2D eigenvalue weighted by Gasteiger charge is 2.12. The van der Waals surface area contributed by atoms with Gasteiger partial charge in [-0.2, -0.15) is 5.10 Å². The number of hydrogen-bond donors (Lipinski definition) is 2. The normalized spacial score (nSPS) is 17.8. The summed E-state index contributed by atoms with van der Waals surface area (Å²) in [7, 11) is 0. The van der Waals surface area contributed by atoms with Crippen LogP contribution < -0.4 is 5.73 Å². The molecule has 0 atom stereocenters. The van der Waals surface area contributed by atoms with Gasteiger partial charge < -0.3 is 15.4 Å². The van der Waals surface area contributed by atoms with Crippen molar-refractivity contribution in [3.63, 3.8) is 0 Å². The van der Waals surface area contributed by atoms with Crippen molar-refractivity contribution in [2.75, 3.05) is 26.3 Å². The third-order valence-corrected chi connectivity index (χ3v) is 2.68. The van der Waals surface area contributed by atoms with Gasteiger partial charge in [0, 0.05) is 24.3 Å². The molecule has 2 heterocycles. The van der Waals surface area contributed by atoms with Gasteiger partial charge in [-0.15, -0.1) is 0 Å². The summed E-state index contributed by atoms with van der Waals surface area (Å²) in [5, 5.41) is 6.82. The highest BCUT2D eigenvalue weighted by Crippen LogP contribution is 2.04. The number of aromatic nitrogens is 2. The summed E-state index contributed by atoms with van der Waals surface area (Å²) in [5.74, 6) is 0.587. The van der Waals surface area contributed by atoms with Gasteiger partial charge in [-0.3, -0.25) is 5.10 Å². The number of aryl methyl sites for hydroxylation is 1. The molecule has 0 aliphatic carbocycles. The fourth-order valence-corrected chi connectivity index (χ4v) is 1.59. The molecule has 0 spiro atoms. The Bertz CT molecular complexity index is 367. The molecule has 6 heteroatoms. The molecule has 0 unspecified atom stereocenters. The van der Waals surface area contributed by atoms with Crippen LogP contribution in [-0.4, -0.2) is 47.4 Å². The molecule has 0 bridgehead atoms. The van der Waals surface area contributed by atoms with Gasteiger partial charge in [-0.1, -0.05) is 0 Å². The summed E-state index contributed by atoms with van der Waals surface area (Å²) in [6.07, 6.45) is 1.78. The Hall–Kier alpha value is -1.56. The Morgan fingerprint density at radius 1 is 1.62 bits per heavy atom. The Kier molecular flexibility index (Phi) is 3.40. The van der Waals surface area contributed by atoms with Gasteiger partial charge in [-0.05, 0) is 6.92 Å². The van der Waals surface area contributed by atoms with Crippen LogP contribution in [0.25, 0.3) is 0 Å². The van der Waals surface area contributed by atoms with Gasteiger partial charge in [0.2, 0.25) is 0 Å². The lowest BCUT2D eigenvalue weighted by atomic mass is 10.3. The van der Waals surface area contributed by atoms with E-state index < -0.39 is 0 Å². The number of guanidine groups is 1. The van der Waals surface area contributed by atoms with Crippen LogP contribution in [0.1, 0.15) is 11.3 Å². The van der Waals surface area contributed by atoms with E-state index in [-0.39, 0.29) is 0 Å². The van der Waals surface area contributed by atoms with Crippen molar-refractivity contribution in [2.45, 2.75) is 13.5 Å². The van der Waals surface area contributed by atoms with E-state index in [0.717, 1.165) is 37.6 Å². The van der Waals surface area contributed by atoms with Crippen LogP contribution >= 0.6 is 0 Å². The van der Waals surface area contributed by atoms with Crippen LogP contribution in [-0.2, 0) is 11.3 Å². The number of H-pyrrole nitrogens is 1. The van der Waals surface area contributed by atoms with Crippen LogP contribution in [0.2, 0.25) is 0 Å². The van der Waals surface area contributed by atoms with Crippen molar-refractivity contribution in [3.05, 3.63) is 17.5 Å². The molecule has 2 rings (SSSR count). The topological polar surface area (TPSA) is 79.5 Å². The van der Waals surface area contributed by atoms with Crippen molar-refractivity contribution >= 4 is 5.96 Å². The summed E-state index contributed by atoms with van der Waals surface area (Å²) in [6, 6.07) is 0. The monoisotopic (exact) mass is 223 g/mol. The lowest BCUT2D eigenvalue weighted by Crippen LogP contribution is -2.44. The molecule has 88 valence electrons. The number of aliphatic imine (C=N–C) groups is 1. The van der Waals surface area contributed by atoms with Crippen LogP contribution in [0.5, 0.6) is 0 Å². The lowest BCUT2D eigenvalue weighted by molar-refractivity contribution is 0.0674. The van der Waals surface area contributed by atoms with Crippen LogP contribution in [0.4, 0.5) is 0 Å². The molecule has 0 aromatic carbocycles. The Morgan fingerprint density at radius 3 is 3.00 bits per heavy atom. The number of ether oxygens (including phenoxy) is 1. The van der Waals surface area contributed by atoms with Crippen LogP contribution in [0.3, 0.4) is 0 Å². The third kappa shape index (κ3) is 2.52. The van der Waals surface area contributed by atoms with E-state index in [9.17, 15) is 0 Å². The van der Waals surface area contributed by atoms with Crippen molar-refractivity contribution in [1.29, 1.82) is 0 Å². The first-order chi connectivity index (χ1) is 7.77. The first-order valence-corrected chi connectivity index (χ1v) is 5.39. The van der Waals surface area contributed by atoms with E-state index in [1.807, 2.05) is 11.8 Å². The summed E-state index contributed by atoms with van der Waals surface area (Å²) in [5.41, 5.74) is 8.02. The molecule has 1 aliphatic heterocycles. The number of nitrogens with two attached hydrogens (primary N) is 1. The zero-order valence-corrected chi connectivity index (χ0v) is 9.44. The molecule has 6 nitrogen and oxygen atoms in total. The van der Waals surface area contributed by atoms with Gasteiger partial charge in [0.05, 0.1) is 26.0 Å². The molecule has 1 aromatic heterocycles. The van der Waals surface area contributed by atoms with Crippen molar-refractivity contribution in [1.82, 2.24) is 15.1 Å². The van der Waals surface area contributed by atoms with Crippen LogP contribution in [0.15, 0.2) is 11.2 Å².